The number of aromatic nitrogens is 4. The van der Waals surface area contributed by atoms with Gasteiger partial charge in [-0.3, -0.25) is 9.89 Å². The maximum absolute atomic E-state index is 12.7. The van der Waals surface area contributed by atoms with E-state index >= 15 is 0 Å². The molecule has 0 radical (unpaired) electrons. The maximum Gasteiger partial charge on any atom is 0.432 e. The second-order valence-electron chi connectivity index (χ2n) is 6.85. The summed E-state index contributed by atoms with van der Waals surface area (Å²) in [6.07, 6.45) is -2.94. The summed E-state index contributed by atoms with van der Waals surface area (Å²) in [5, 5.41) is 5.43. The molecule has 0 bridgehead atoms. The van der Waals surface area contributed by atoms with Gasteiger partial charge in [0.1, 0.15) is 11.5 Å². The van der Waals surface area contributed by atoms with E-state index in [1.54, 1.807) is 4.90 Å². The lowest BCUT2D eigenvalue weighted by atomic mass is 9.97. The Morgan fingerprint density at radius 2 is 2.15 bits per heavy atom. The number of benzene rings is 1. The number of H-pyrrole nitrogens is 2. The average Bonchev–Trinajstić information content (AvgIpc) is 3.29. The van der Waals surface area contributed by atoms with Crippen LogP contribution in [0.2, 0.25) is 0 Å². The third-order valence-corrected chi connectivity index (χ3v) is 4.93. The van der Waals surface area contributed by atoms with E-state index in [1.807, 2.05) is 30.2 Å². The highest BCUT2D eigenvalue weighted by atomic mass is 19.4. The average molecular weight is 377 g/mol. The molecule has 1 atom stereocenters. The Labute approximate surface area is 152 Å². The lowest BCUT2D eigenvalue weighted by Gasteiger charge is -2.31. The highest BCUT2D eigenvalue weighted by molar-refractivity contribution is 5.92. The molecule has 1 fully saturated rings. The number of halogens is 3. The van der Waals surface area contributed by atoms with Crippen molar-refractivity contribution in [2.45, 2.75) is 31.9 Å². The number of imidazole rings is 1. The van der Waals surface area contributed by atoms with Crippen molar-refractivity contribution in [1.29, 1.82) is 0 Å². The standard InChI is InChI=1S/C18H18F3N5O/c1-10-4-2-6-12-15(10)23-16(22-12)11-5-3-7-26(9-11)17(27)13-8-14(25-24-13)18(19,20)21/h2,4,6,8,11H,3,5,7,9H2,1H3,(H,22,23)(H,24,25)/t11-/m0/s1. The van der Waals surface area contributed by atoms with E-state index in [4.69, 9.17) is 0 Å². The van der Waals surface area contributed by atoms with E-state index in [2.05, 4.69) is 15.1 Å². The number of carbonyl (C=O) groups is 1. The monoisotopic (exact) mass is 377 g/mol. The number of hydrogen-bond acceptors (Lipinski definition) is 3. The Hall–Kier alpha value is -2.84. The van der Waals surface area contributed by atoms with Gasteiger partial charge in [0.05, 0.1) is 11.0 Å². The first kappa shape index (κ1) is 17.6. The molecule has 27 heavy (non-hydrogen) atoms. The second kappa shape index (κ2) is 6.40. The minimum Gasteiger partial charge on any atom is -0.342 e. The van der Waals surface area contributed by atoms with Crippen LogP contribution in [0.4, 0.5) is 13.2 Å². The van der Waals surface area contributed by atoms with Gasteiger partial charge in [-0.1, -0.05) is 12.1 Å². The van der Waals surface area contributed by atoms with Crippen LogP contribution in [0, 0.1) is 6.92 Å². The molecule has 0 unspecified atom stereocenters. The third-order valence-electron chi connectivity index (χ3n) is 4.93. The number of aromatic amines is 2. The lowest BCUT2D eigenvalue weighted by Crippen LogP contribution is -2.39. The Morgan fingerprint density at radius 1 is 1.33 bits per heavy atom. The summed E-state index contributed by atoms with van der Waals surface area (Å²) in [5.41, 5.74) is 1.67. The molecule has 6 nitrogen and oxygen atoms in total. The van der Waals surface area contributed by atoms with Crippen LogP contribution in [-0.4, -0.2) is 44.1 Å². The summed E-state index contributed by atoms with van der Waals surface area (Å²) in [4.78, 5) is 22.1. The summed E-state index contributed by atoms with van der Waals surface area (Å²) in [6.45, 7) is 2.87. The summed E-state index contributed by atoms with van der Waals surface area (Å²) < 4.78 is 38.1. The van der Waals surface area contributed by atoms with Crippen LogP contribution >= 0.6 is 0 Å². The first-order valence-corrected chi connectivity index (χ1v) is 8.70. The van der Waals surface area contributed by atoms with Crippen molar-refractivity contribution in [1.82, 2.24) is 25.1 Å². The Bertz CT molecular complexity index is 990. The predicted octanol–water partition coefficient (Wildman–Crippen LogP) is 3.63. The summed E-state index contributed by atoms with van der Waals surface area (Å²) in [5.74, 6) is 0.309. The smallest absolute Gasteiger partial charge is 0.342 e. The first-order chi connectivity index (χ1) is 12.8. The number of alkyl halides is 3. The Morgan fingerprint density at radius 3 is 2.85 bits per heavy atom. The molecular formula is C18H18F3N5O. The van der Waals surface area contributed by atoms with E-state index < -0.39 is 17.8 Å². The predicted molar refractivity (Wildman–Crippen MR) is 92.3 cm³/mol. The van der Waals surface area contributed by atoms with Gasteiger partial charge < -0.3 is 9.88 Å². The highest BCUT2D eigenvalue weighted by Crippen LogP contribution is 2.30. The zero-order chi connectivity index (χ0) is 19.2. The molecule has 4 rings (SSSR count). The topological polar surface area (TPSA) is 77.7 Å². The van der Waals surface area contributed by atoms with E-state index in [0.717, 1.165) is 41.3 Å². The summed E-state index contributed by atoms with van der Waals surface area (Å²) >= 11 is 0. The summed E-state index contributed by atoms with van der Waals surface area (Å²) in [6, 6.07) is 6.65. The van der Waals surface area contributed by atoms with Gasteiger partial charge in [0.15, 0.2) is 5.69 Å². The van der Waals surface area contributed by atoms with Crippen molar-refractivity contribution in [3.05, 3.63) is 47.0 Å². The summed E-state index contributed by atoms with van der Waals surface area (Å²) in [7, 11) is 0. The van der Waals surface area contributed by atoms with Crippen molar-refractivity contribution in [3.63, 3.8) is 0 Å². The molecule has 0 saturated carbocycles. The molecule has 2 N–H and O–H groups in total. The molecule has 1 aliphatic rings. The number of para-hydroxylation sites is 1. The lowest BCUT2D eigenvalue weighted by molar-refractivity contribution is -0.141. The zero-order valence-electron chi connectivity index (χ0n) is 14.6. The number of hydrogen-bond donors (Lipinski definition) is 2. The van der Waals surface area contributed by atoms with Gasteiger partial charge in [0.25, 0.3) is 5.91 Å². The number of carbonyl (C=O) groups excluding carboxylic acids is 1. The second-order valence-corrected chi connectivity index (χ2v) is 6.85. The van der Waals surface area contributed by atoms with Crippen LogP contribution in [0.5, 0.6) is 0 Å². The zero-order valence-corrected chi connectivity index (χ0v) is 14.6. The van der Waals surface area contributed by atoms with Crippen LogP contribution < -0.4 is 0 Å². The number of nitrogens with zero attached hydrogens (tertiary/aromatic N) is 3. The van der Waals surface area contributed by atoms with Crippen molar-refractivity contribution in [2.24, 2.45) is 0 Å². The van der Waals surface area contributed by atoms with Crippen LogP contribution in [-0.2, 0) is 6.18 Å². The third kappa shape index (κ3) is 3.29. The van der Waals surface area contributed by atoms with E-state index in [0.29, 0.717) is 13.1 Å². The maximum atomic E-state index is 12.7. The molecule has 142 valence electrons. The molecule has 1 amide bonds. The molecule has 1 aliphatic heterocycles. The van der Waals surface area contributed by atoms with Crippen molar-refractivity contribution in [2.75, 3.05) is 13.1 Å². The molecule has 0 spiro atoms. The fourth-order valence-electron chi connectivity index (χ4n) is 3.51. The van der Waals surface area contributed by atoms with Crippen molar-refractivity contribution < 1.29 is 18.0 Å². The number of likely N-dealkylation sites (tertiary alicyclic amines) is 1. The minimum atomic E-state index is -4.55. The number of rotatable bonds is 2. The van der Waals surface area contributed by atoms with Gasteiger partial charge in [-0.15, -0.1) is 0 Å². The van der Waals surface area contributed by atoms with Crippen LogP contribution in [0.3, 0.4) is 0 Å². The number of nitrogens with one attached hydrogen (secondary N) is 2. The Balaban J connectivity index is 1.54. The van der Waals surface area contributed by atoms with Crippen LogP contribution in [0.25, 0.3) is 11.0 Å². The number of amides is 1. The normalized spacial score (nSPS) is 18.2. The van der Waals surface area contributed by atoms with Crippen LogP contribution in [0.1, 0.15) is 46.3 Å². The van der Waals surface area contributed by atoms with E-state index in [-0.39, 0.29) is 11.6 Å². The fourth-order valence-corrected chi connectivity index (χ4v) is 3.51. The molecule has 1 saturated heterocycles. The number of piperidine rings is 1. The quantitative estimate of drug-likeness (QED) is 0.716. The van der Waals surface area contributed by atoms with Crippen LogP contribution in [0.15, 0.2) is 24.3 Å². The van der Waals surface area contributed by atoms with Gasteiger partial charge in [-0.05, 0) is 31.4 Å². The SMILES string of the molecule is Cc1cccc2[nH]c([C@H]3CCCN(C(=O)c4cc(C(F)(F)F)[nH]n4)C3)nc12. The number of aryl methyl sites for hydroxylation is 1. The highest BCUT2D eigenvalue weighted by Gasteiger charge is 2.35. The largest absolute Gasteiger partial charge is 0.432 e. The van der Waals surface area contributed by atoms with E-state index in [1.165, 1.54) is 0 Å². The molecule has 0 aliphatic carbocycles. The Kier molecular flexibility index (Phi) is 4.16. The molecule has 2 aromatic heterocycles. The molecular weight excluding hydrogens is 359 g/mol. The minimum absolute atomic E-state index is 0.00975. The van der Waals surface area contributed by atoms with Gasteiger partial charge in [0, 0.05) is 25.1 Å². The molecule has 1 aromatic carbocycles. The fraction of sp³-hybridized carbons (Fsp3) is 0.389. The van der Waals surface area contributed by atoms with Gasteiger partial charge in [-0.25, -0.2) is 4.98 Å². The molecule has 3 aromatic rings. The van der Waals surface area contributed by atoms with E-state index in [9.17, 15) is 18.0 Å². The van der Waals surface area contributed by atoms with Gasteiger partial charge in [0.2, 0.25) is 0 Å². The van der Waals surface area contributed by atoms with Gasteiger partial charge in [-0.2, -0.15) is 18.3 Å². The van der Waals surface area contributed by atoms with Crippen molar-refractivity contribution in [3.8, 4) is 0 Å². The van der Waals surface area contributed by atoms with Crippen molar-refractivity contribution >= 4 is 16.9 Å². The molecule has 3 heterocycles. The first-order valence-electron chi connectivity index (χ1n) is 8.70. The molecule has 9 heteroatoms. The van der Waals surface area contributed by atoms with Gasteiger partial charge >= 0.3 is 6.18 Å². The number of fused-ring (bicyclic) bond motifs is 1.